The lowest BCUT2D eigenvalue weighted by Gasteiger charge is -2.30. The average Bonchev–Trinajstić information content (AvgIpc) is 3.12. The third kappa shape index (κ3) is 5.44. The van der Waals surface area contributed by atoms with E-state index in [-0.39, 0.29) is 33.4 Å². The number of esters is 1. The van der Waals surface area contributed by atoms with Gasteiger partial charge in [0.05, 0.1) is 19.2 Å². The van der Waals surface area contributed by atoms with Crippen LogP contribution in [0.15, 0.2) is 46.7 Å². The summed E-state index contributed by atoms with van der Waals surface area (Å²) in [6, 6.07) is 1.73. The van der Waals surface area contributed by atoms with Crippen molar-refractivity contribution in [3.05, 3.63) is 75.2 Å². The average molecular weight is 541 g/mol. The number of carboxylic acids is 1. The van der Waals surface area contributed by atoms with Crippen LogP contribution in [0, 0.1) is 18.6 Å². The number of aliphatic carboxylic acids is 1. The number of aryl methyl sites for hydroxylation is 1. The zero-order valence-corrected chi connectivity index (χ0v) is 20.3. The maximum atomic E-state index is 14.9. The van der Waals surface area contributed by atoms with Gasteiger partial charge in [0.25, 0.3) is 5.92 Å². The molecular formula is C24H21ClF4N4O4. The summed E-state index contributed by atoms with van der Waals surface area (Å²) in [6.07, 6.45) is 0.453. The Kier molecular flexibility index (Phi) is 7.24. The van der Waals surface area contributed by atoms with E-state index in [1.54, 1.807) is 6.92 Å². The van der Waals surface area contributed by atoms with Crippen molar-refractivity contribution in [3.8, 4) is 0 Å². The van der Waals surface area contributed by atoms with Gasteiger partial charge in [-0.2, -0.15) is 0 Å². The number of methoxy groups -OCH3 is 1. The lowest BCUT2D eigenvalue weighted by Crippen LogP contribution is -2.43. The van der Waals surface area contributed by atoms with Gasteiger partial charge in [-0.15, -0.1) is 0 Å². The predicted molar refractivity (Wildman–Crippen MR) is 124 cm³/mol. The summed E-state index contributed by atoms with van der Waals surface area (Å²) in [6.45, 7) is 0.255. The number of carbonyl (C=O) groups is 2. The van der Waals surface area contributed by atoms with E-state index in [4.69, 9.17) is 16.3 Å². The predicted octanol–water partition coefficient (Wildman–Crippen LogP) is 3.63. The first kappa shape index (κ1) is 26.6. The molecular weight excluding hydrogens is 520 g/mol. The van der Waals surface area contributed by atoms with Gasteiger partial charge in [-0.1, -0.05) is 17.7 Å². The third-order valence-corrected chi connectivity index (χ3v) is 6.33. The van der Waals surface area contributed by atoms with Crippen LogP contribution < -0.4 is 5.32 Å². The topological polar surface area (TPSA) is 104 Å². The maximum Gasteiger partial charge on any atom is 0.338 e. The van der Waals surface area contributed by atoms with E-state index < -0.39 is 61.1 Å². The highest BCUT2D eigenvalue weighted by Crippen LogP contribution is 2.38. The first-order valence-corrected chi connectivity index (χ1v) is 11.4. The summed E-state index contributed by atoms with van der Waals surface area (Å²) in [5.74, 6) is -7.26. The molecule has 0 aliphatic carbocycles. The molecule has 8 nitrogen and oxygen atoms in total. The van der Waals surface area contributed by atoms with E-state index in [9.17, 15) is 32.3 Å². The Bertz CT molecular complexity index is 1330. The highest BCUT2D eigenvalue weighted by atomic mass is 35.5. The number of likely N-dealkylation sites (tertiary alicyclic amines) is 1. The number of alkyl halides is 2. The number of nitrogens with one attached hydrogen (secondary N) is 1. The van der Waals surface area contributed by atoms with Crippen LogP contribution in [0.5, 0.6) is 0 Å². The van der Waals surface area contributed by atoms with Gasteiger partial charge in [-0.3, -0.25) is 14.7 Å². The number of aliphatic imine (C=N–C) groups is 1. The van der Waals surface area contributed by atoms with Gasteiger partial charge < -0.3 is 15.2 Å². The summed E-state index contributed by atoms with van der Waals surface area (Å²) in [5.41, 5.74) is 0.177. The van der Waals surface area contributed by atoms with Crippen molar-refractivity contribution in [1.82, 2.24) is 15.2 Å². The first-order chi connectivity index (χ1) is 17.4. The second-order valence-corrected chi connectivity index (χ2v) is 9.12. The molecule has 1 aromatic carbocycles. The molecule has 0 spiro atoms. The Hall–Kier alpha value is -3.51. The molecule has 0 radical (unpaired) electrons. The Morgan fingerprint density at radius 1 is 1.30 bits per heavy atom. The van der Waals surface area contributed by atoms with Gasteiger partial charge in [0.15, 0.2) is 11.7 Å². The lowest BCUT2D eigenvalue weighted by atomic mass is 9.94. The molecule has 0 unspecified atom stereocenters. The molecule has 1 aromatic heterocycles. The monoisotopic (exact) mass is 540 g/mol. The number of rotatable bonds is 6. The molecule has 196 valence electrons. The minimum absolute atomic E-state index is 0.0621. The van der Waals surface area contributed by atoms with E-state index in [1.807, 2.05) is 0 Å². The number of pyridine rings is 1. The van der Waals surface area contributed by atoms with Crippen molar-refractivity contribution in [2.45, 2.75) is 31.4 Å². The van der Waals surface area contributed by atoms with Crippen LogP contribution in [0.2, 0.25) is 5.02 Å². The number of carboxylic acid groups (broad SMARTS) is 1. The van der Waals surface area contributed by atoms with Crippen LogP contribution in [0.1, 0.15) is 29.3 Å². The SMILES string of the molecule is COC(=O)C1=C(CN2CC(F)(F)C[C@H]2C(=O)O)NC(c2ncc(C)cc2F)=N[C@H]1c1ccc(F)cc1Cl. The van der Waals surface area contributed by atoms with Crippen molar-refractivity contribution in [2.75, 3.05) is 20.2 Å². The second kappa shape index (κ2) is 10.1. The number of nitrogens with zero attached hydrogens (tertiary/aromatic N) is 3. The highest BCUT2D eigenvalue weighted by Gasteiger charge is 2.49. The molecule has 2 aliphatic rings. The third-order valence-electron chi connectivity index (χ3n) is 6.00. The van der Waals surface area contributed by atoms with Crippen LogP contribution >= 0.6 is 11.6 Å². The lowest BCUT2D eigenvalue weighted by molar-refractivity contribution is -0.142. The van der Waals surface area contributed by atoms with Crippen LogP contribution in [0.3, 0.4) is 0 Å². The molecule has 1 saturated heterocycles. The molecule has 4 rings (SSSR count). The fraction of sp³-hybridized carbons (Fsp3) is 0.333. The van der Waals surface area contributed by atoms with Gasteiger partial charge in [0.2, 0.25) is 0 Å². The van der Waals surface area contributed by atoms with E-state index >= 15 is 0 Å². The number of benzene rings is 1. The van der Waals surface area contributed by atoms with E-state index in [1.165, 1.54) is 18.3 Å². The summed E-state index contributed by atoms with van der Waals surface area (Å²) < 4.78 is 61.9. The van der Waals surface area contributed by atoms with Gasteiger partial charge >= 0.3 is 11.9 Å². The smallest absolute Gasteiger partial charge is 0.338 e. The fourth-order valence-electron chi connectivity index (χ4n) is 4.34. The fourth-order valence-corrected chi connectivity index (χ4v) is 4.61. The largest absolute Gasteiger partial charge is 0.480 e. The minimum atomic E-state index is -3.29. The number of aromatic nitrogens is 1. The minimum Gasteiger partial charge on any atom is -0.480 e. The molecule has 3 heterocycles. The van der Waals surface area contributed by atoms with Crippen molar-refractivity contribution >= 4 is 29.4 Å². The highest BCUT2D eigenvalue weighted by molar-refractivity contribution is 6.31. The molecule has 0 amide bonds. The van der Waals surface area contributed by atoms with Crippen LogP contribution in [0.4, 0.5) is 17.6 Å². The quantitative estimate of drug-likeness (QED) is 0.426. The molecule has 0 bridgehead atoms. The van der Waals surface area contributed by atoms with E-state index in [0.717, 1.165) is 24.1 Å². The molecule has 37 heavy (non-hydrogen) atoms. The summed E-state index contributed by atoms with van der Waals surface area (Å²) in [5, 5.41) is 12.2. The van der Waals surface area contributed by atoms with Crippen molar-refractivity contribution in [3.63, 3.8) is 0 Å². The number of halogens is 5. The summed E-state index contributed by atoms with van der Waals surface area (Å²) in [4.78, 5) is 34.1. The second-order valence-electron chi connectivity index (χ2n) is 8.72. The maximum absolute atomic E-state index is 14.9. The first-order valence-electron chi connectivity index (χ1n) is 11.0. The summed E-state index contributed by atoms with van der Waals surface area (Å²) >= 11 is 6.26. The zero-order chi connectivity index (χ0) is 27.1. The Morgan fingerprint density at radius 3 is 2.65 bits per heavy atom. The number of carbonyl (C=O) groups excluding carboxylic acids is 1. The van der Waals surface area contributed by atoms with Crippen molar-refractivity contribution < 1.29 is 37.0 Å². The van der Waals surface area contributed by atoms with Crippen LogP contribution in [-0.4, -0.2) is 64.9 Å². The Labute approximate surface area is 213 Å². The zero-order valence-electron chi connectivity index (χ0n) is 19.6. The number of ether oxygens (including phenoxy) is 1. The molecule has 2 aromatic rings. The molecule has 1 fully saturated rings. The van der Waals surface area contributed by atoms with Crippen LogP contribution in [0.25, 0.3) is 0 Å². The van der Waals surface area contributed by atoms with Gasteiger partial charge in [-0.25, -0.2) is 27.3 Å². The number of hydrogen-bond donors (Lipinski definition) is 2. The van der Waals surface area contributed by atoms with Crippen molar-refractivity contribution in [2.24, 2.45) is 4.99 Å². The number of amidine groups is 1. The Morgan fingerprint density at radius 2 is 2.03 bits per heavy atom. The molecule has 2 N–H and O–H groups in total. The van der Waals surface area contributed by atoms with E-state index in [2.05, 4.69) is 15.3 Å². The van der Waals surface area contributed by atoms with E-state index in [0.29, 0.717) is 5.56 Å². The van der Waals surface area contributed by atoms with Crippen molar-refractivity contribution in [1.29, 1.82) is 0 Å². The van der Waals surface area contributed by atoms with Gasteiger partial charge in [-0.05, 0) is 30.7 Å². The summed E-state index contributed by atoms with van der Waals surface area (Å²) in [7, 11) is 1.08. The normalized spacial score (nSPS) is 21.4. The van der Waals surface area contributed by atoms with Gasteiger partial charge in [0.1, 0.15) is 23.6 Å². The molecule has 2 aliphatic heterocycles. The molecule has 13 heteroatoms. The number of hydrogen-bond acceptors (Lipinski definition) is 7. The standard InChI is InChI=1S/C24H21ClF4N4O4/c1-11-5-15(27)20(30-8-11)21-31-16(9-33-10-24(28,29)7-17(33)22(34)35)18(23(36)37-2)19(32-21)13-4-3-12(26)6-14(13)25/h3-6,8,17,19H,7,9-10H2,1-2H3,(H,31,32)(H,34,35)/t17-,19-/m0/s1. The molecule has 2 atom stereocenters. The van der Waals surface area contributed by atoms with Crippen LogP contribution in [-0.2, 0) is 14.3 Å². The van der Waals surface area contributed by atoms with Gasteiger partial charge in [0, 0.05) is 35.4 Å². The molecule has 0 saturated carbocycles. The Balaban J connectivity index is 1.88.